The molecule has 28 heavy (non-hydrogen) atoms. The molecule has 0 radical (unpaired) electrons. The number of benzene rings is 2. The third-order valence-corrected chi connectivity index (χ3v) is 4.48. The van der Waals surface area contributed by atoms with Crippen molar-refractivity contribution in [1.82, 2.24) is 20.2 Å². The fraction of sp³-hybridized carbons (Fsp3) is 0.143. The number of nitrogens with zero attached hydrogens (tertiary/aromatic N) is 2. The van der Waals surface area contributed by atoms with Gasteiger partial charge in [0.2, 0.25) is 0 Å². The molecule has 7 heteroatoms. The SMILES string of the molecule is CC(=O)c1ccc2[nH]c(-c3n[nH]c(C)c3C(=O)OCc3ccccc3)nc2c1. The van der Waals surface area contributed by atoms with Crippen LogP contribution in [0.2, 0.25) is 0 Å². The lowest BCUT2D eigenvalue weighted by Gasteiger charge is -2.05. The number of carbonyl (C=O) groups is 2. The number of carbonyl (C=O) groups excluding carboxylic acids is 2. The first-order chi connectivity index (χ1) is 13.5. The van der Waals surface area contributed by atoms with Crippen LogP contribution in [0.5, 0.6) is 0 Å². The van der Waals surface area contributed by atoms with Gasteiger partial charge in [0.25, 0.3) is 0 Å². The van der Waals surface area contributed by atoms with E-state index in [4.69, 9.17) is 4.74 Å². The van der Waals surface area contributed by atoms with Gasteiger partial charge in [-0.15, -0.1) is 0 Å². The van der Waals surface area contributed by atoms with Gasteiger partial charge < -0.3 is 9.72 Å². The third-order valence-electron chi connectivity index (χ3n) is 4.48. The van der Waals surface area contributed by atoms with E-state index in [1.54, 1.807) is 25.1 Å². The molecular weight excluding hydrogens is 356 g/mol. The molecule has 0 aliphatic carbocycles. The van der Waals surface area contributed by atoms with Gasteiger partial charge in [0.05, 0.1) is 11.0 Å². The van der Waals surface area contributed by atoms with Crippen LogP contribution in [-0.2, 0) is 11.3 Å². The maximum absolute atomic E-state index is 12.7. The summed E-state index contributed by atoms with van der Waals surface area (Å²) < 4.78 is 5.45. The second-order valence-electron chi connectivity index (χ2n) is 6.51. The van der Waals surface area contributed by atoms with Crippen molar-refractivity contribution in [2.45, 2.75) is 20.5 Å². The molecular formula is C21H18N4O3. The van der Waals surface area contributed by atoms with Crippen LogP contribution in [0.15, 0.2) is 48.5 Å². The largest absolute Gasteiger partial charge is 0.457 e. The Morgan fingerprint density at radius 2 is 1.89 bits per heavy atom. The fourth-order valence-corrected chi connectivity index (χ4v) is 2.98. The van der Waals surface area contributed by atoms with Crippen LogP contribution in [-0.4, -0.2) is 31.9 Å². The highest BCUT2D eigenvalue weighted by atomic mass is 16.5. The van der Waals surface area contributed by atoms with E-state index in [0.29, 0.717) is 33.9 Å². The number of hydrogen-bond donors (Lipinski definition) is 2. The molecule has 0 bridgehead atoms. The summed E-state index contributed by atoms with van der Waals surface area (Å²) in [4.78, 5) is 31.9. The van der Waals surface area contributed by atoms with Crippen LogP contribution >= 0.6 is 0 Å². The zero-order valence-electron chi connectivity index (χ0n) is 15.4. The highest BCUT2D eigenvalue weighted by Crippen LogP contribution is 2.25. The number of ketones is 1. The van der Waals surface area contributed by atoms with E-state index in [9.17, 15) is 9.59 Å². The number of hydrogen-bond acceptors (Lipinski definition) is 5. The van der Waals surface area contributed by atoms with Gasteiger partial charge in [-0.3, -0.25) is 9.89 Å². The summed E-state index contributed by atoms with van der Waals surface area (Å²) in [5, 5.41) is 7.05. The van der Waals surface area contributed by atoms with E-state index >= 15 is 0 Å². The minimum absolute atomic E-state index is 0.0350. The van der Waals surface area contributed by atoms with Crippen LogP contribution in [0.3, 0.4) is 0 Å². The number of aromatic amines is 2. The highest BCUT2D eigenvalue weighted by molar-refractivity contribution is 5.99. The molecule has 0 saturated heterocycles. The van der Waals surface area contributed by atoms with Crippen LogP contribution in [0.25, 0.3) is 22.6 Å². The lowest BCUT2D eigenvalue weighted by Crippen LogP contribution is -2.07. The Hall–Kier alpha value is -3.74. The predicted octanol–water partition coefficient (Wildman–Crippen LogP) is 3.82. The molecule has 0 spiro atoms. The van der Waals surface area contributed by atoms with Gasteiger partial charge in [-0.1, -0.05) is 30.3 Å². The van der Waals surface area contributed by atoms with E-state index in [-0.39, 0.29) is 12.4 Å². The summed E-state index contributed by atoms with van der Waals surface area (Å²) in [6.07, 6.45) is 0. The van der Waals surface area contributed by atoms with Crippen molar-refractivity contribution in [2.75, 3.05) is 0 Å². The fourth-order valence-electron chi connectivity index (χ4n) is 2.98. The van der Waals surface area contributed by atoms with Crippen LogP contribution < -0.4 is 0 Å². The Morgan fingerprint density at radius 3 is 2.64 bits per heavy atom. The Labute approximate surface area is 160 Å². The van der Waals surface area contributed by atoms with Gasteiger partial charge >= 0.3 is 5.97 Å². The van der Waals surface area contributed by atoms with Gasteiger partial charge in [0.15, 0.2) is 11.6 Å². The number of Topliss-reactive ketones (excluding diaryl/α,β-unsaturated/α-hetero) is 1. The number of imidazole rings is 1. The number of fused-ring (bicyclic) bond motifs is 1. The van der Waals surface area contributed by atoms with Crippen LogP contribution in [0.4, 0.5) is 0 Å². The average molecular weight is 374 g/mol. The Bertz CT molecular complexity index is 1180. The van der Waals surface area contributed by atoms with E-state index in [1.165, 1.54) is 6.92 Å². The predicted molar refractivity (Wildman–Crippen MR) is 104 cm³/mol. The lowest BCUT2D eigenvalue weighted by molar-refractivity contribution is 0.0472. The summed E-state index contributed by atoms with van der Waals surface area (Å²) in [5.41, 5.74) is 4.18. The van der Waals surface area contributed by atoms with Crippen molar-refractivity contribution in [3.05, 3.63) is 70.9 Å². The van der Waals surface area contributed by atoms with Gasteiger partial charge in [-0.05, 0) is 37.6 Å². The molecule has 0 amide bonds. The van der Waals surface area contributed by atoms with E-state index in [2.05, 4.69) is 20.2 Å². The highest BCUT2D eigenvalue weighted by Gasteiger charge is 2.23. The molecule has 0 atom stereocenters. The minimum Gasteiger partial charge on any atom is -0.457 e. The van der Waals surface area contributed by atoms with Gasteiger partial charge in [0.1, 0.15) is 17.9 Å². The molecule has 7 nitrogen and oxygen atoms in total. The first-order valence-electron chi connectivity index (χ1n) is 8.80. The number of aryl methyl sites for hydroxylation is 1. The van der Waals surface area contributed by atoms with Gasteiger partial charge in [-0.2, -0.15) is 5.10 Å². The summed E-state index contributed by atoms with van der Waals surface area (Å²) in [6, 6.07) is 14.7. The number of aromatic nitrogens is 4. The summed E-state index contributed by atoms with van der Waals surface area (Å²) >= 11 is 0. The third kappa shape index (κ3) is 3.29. The number of esters is 1. The van der Waals surface area contributed by atoms with Crippen molar-refractivity contribution in [1.29, 1.82) is 0 Å². The van der Waals surface area contributed by atoms with E-state index in [0.717, 1.165) is 11.1 Å². The van der Waals surface area contributed by atoms with Crippen molar-refractivity contribution in [3.63, 3.8) is 0 Å². The molecule has 2 aromatic carbocycles. The number of H-pyrrole nitrogens is 2. The maximum atomic E-state index is 12.7. The van der Waals surface area contributed by atoms with Gasteiger partial charge in [0, 0.05) is 11.3 Å². The maximum Gasteiger partial charge on any atom is 0.342 e. The van der Waals surface area contributed by atoms with Crippen molar-refractivity contribution >= 4 is 22.8 Å². The summed E-state index contributed by atoms with van der Waals surface area (Å²) in [7, 11) is 0. The van der Waals surface area contributed by atoms with E-state index in [1.807, 2.05) is 30.3 Å². The molecule has 0 saturated carbocycles. The average Bonchev–Trinajstić information content (AvgIpc) is 3.29. The van der Waals surface area contributed by atoms with Crippen molar-refractivity contribution < 1.29 is 14.3 Å². The zero-order chi connectivity index (χ0) is 19.7. The van der Waals surface area contributed by atoms with Crippen LogP contribution in [0.1, 0.15) is 38.9 Å². The van der Waals surface area contributed by atoms with Crippen molar-refractivity contribution in [3.8, 4) is 11.5 Å². The minimum atomic E-state index is -0.477. The molecule has 2 aromatic heterocycles. The Kier molecular flexibility index (Phi) is 4.49. The molecule has 4 rings (SSSR count). The summed E-state index contributed by atoms with van der Waals surface area (Å²) in [5.74, 6) is -0.0751. The standard InChI is InChI=1S/C21H18N4O3/c1-12-18(21(27)28-11-14-6-4-3-5-7-14)19(25-24-12)20-22-16-9-8-15(13(2)26)10-17(16)23-20/h3-10H,11H2,1-2H3,(H,22,23)(H,24,25). The monoisotopic (exact) mass is 374 g/mol. The second-order valence-corrected chi connectivity index (χ2v) is 6.51. The van der Waals surface area contributed by atoms with E-state index < -0.39 is 5.97 Å². The Balaban J connectivity index is 1.65. The first kappa shape index (κ1) is 17.7. The second kappa shape index (κ2) is 7.11. The molecule has 0 aliphatic rings. The molecule has 0 aliphatic heterocycles. The number of ether oxygens (including phenoxy) is 1. The normalized spacial score (nSPS) is 10.9. The van der Waals surface area contributed by atoms with Crippen LogP contribution in [0, 0.1) is 6.92 Å². The zero-order valence-corrected chi connectivity index (χ0v) is 15.4. The molecule has 4 aromatic rings. The first-order valence-corrected chi connectivity index (χ1v) is 8.80. The summed E-state index contributed by atoms with van der Waals surface area (Å²) in [6.45, 7) is 3.44. The Morgan fingerprint density at radius 1 is 1.11 bits per heavy atom. The van der Waals surface area contributed by atoms with Gasteiger partial charge in [-0.25, -0.2) is 9.78 Å². The smallest absolute Gasteiger partial charge is 0.342 e. The molecule has 140 valence electrons. The number of rotatable bonds is 5. The molecule has 2 heterocycles. The topological polar surface area (TPSA) is 101 Å². The number of nitrogens with one attached hydrogen (secondary N) is 2. The molecule has 2 N–H and O–H groups in total. The molecule has 0 unspecified atom stereocenters. The molecule has 0 fully saturated rings. The van der Waals surface area contributed by atoms with Crippen molar-refractivity contribution in [2.24, 2.45) is 0 Å². The lowest BCUT2D eigenvalue weighted by atomic mass is 10.1. The quantitative estimate of drug-likeness (QED) is 0.408.